The second kappa shape index (κ2) is 12.1. The van der Waals surface area contributed by atoms with Gasteiger partial charge in [0.05, 0.1) is 16.8 Å². The van der Waals surface area contributed by atoms with E-state index in [0.717, 1.165) is 12.8 Å². The molecule has 0 N–H and O–H groups in total. The van der Waals surface area contributed by atoms with E-state index in [2.05, 4.69) is 0 Å². The van der Waals surface area contributed by atoms with Gasteiger partial charge in [0.2, 0.25) is 5.91 Å². The van der Waals surface area contributed by atoms with Gasteiger partial charge in [0.25, 0.3) is 5.56 Å². The summed E-state index contributed by atoms with van der Waals surface area (Å²) in [4.78, 5) is 26.4. The van der Waals surface area contributed by atoms with Crippen LogP contribution in [0.1, 0.15) is 50.7 Å². The van der Waals surface area contributed by atoms with Crippen molar-refractivity contribution >= 4 is 15.7 Å². The molecule has 1 amide bonds. The topological polar surface area (TPSA) is 94.9 Å². The molecule has 0 spiro atoms. The Labute approximate surface area is 240 Å². The lowest BCUT2D eigenvalue weighted by atomic mass is 9.92. The third-order valence-electron chi connectivity index (χ3n) is 7.79. The van der Waals surface area contributed by atoms with Crippen LogP contribution in [-0.4, -0.2) is 48.7 Å². The number of amides is 1. The van der Waals surface area contributed by atoms with E-state index in [1.165, 1.54) is 34.9 Å². The number of hydrogen-bond acceptors (Lipinski definition) is 6. The number of pyridine rings is 1. The van der Waals surface area contributed by atoms with Crippen LogP contribution in [0, 0.1) is 19.7 Å². The highest BCUT2D eigenvalue weighted by Gasteiger charge is 2.28. The number of halogens is 1. The van der Waals surface area contributed by atoms with Crippen LogP contribution in [0.15, 0.2) is 52.3 Å². The van der Waals surface area contributed by atoms with E-state index in [1.54, 1.807) is 59.0 Å². The van der Waals surface area contributed by atoms with Crippen molar-refractivity contribution < 1.29 is 27.1 Å². The minimum Gasteiger partial charge on any atom is -0.490 e. The monoisotopic (exact) mass is 584 g/mol. The van der Waals surface area contributed by atoms with E-state index in [-0.39, 0.29) is 40.1 Å². The smallest absolute Gasteiger partial charge is 0.254 e. The van der Waals surface area contributed by atoms with Crippen molar-refractivity contribution in [2.24, 2.45) is 7.05 Å². The van der Waals surface area contributed by atoms with E-state index in [4.69, 9.17) is 9.47 Å². The minimum absolute atomic E-state index is 0.0179. The maximum atomic E-state index is 14.0. The molecule has 0 radical (unpaired) electrons. The highest BCUT2D eigenvalue weighted by Crippen LogP contribution is 2.42. The highest BCUT2D eigenvalue weighted by molar-refractivity contribution is 7.91. The number of aryl methyl sites for hydroxylation is 3. The zero-order valence-corrected chi connectivity index (χ0v) is 25.2. The van der Waals surface area contributed by atoms with Crippen molar-refractivity contribution in [3.05, 3.63) is 69.9 Å². The summed E-state index contributed by atoms with van der Waals surface area (Å²) in [6, 6.07) is 8.89. The second-order valence-electron chi connectivity index (χ2n) is 10.7. The Morgan fingerprint density at radius 1 is 1.02 bits per heavy atom. The minimum atomic E-state index is -3.57. The fourth-order valence-electron chi connectivity index (χ4n) is 5.24. The van der Waals surface area contributed by atoms with Crippen LogP contribution in [0.2, 0.25) is 0 Å². The molecule has 4 rings (SSSR count). The number of carbonyl (C=O) groups is 1. The summed E-state index contributed by atoms with van der Waals surface area (Å²) in [6.45, 7) is 6.60. The molecule has 1 aliphatic rings. The fraction of sp³-hybridized carbons (Fsp3) is 0.419. The number of nitrogens with zero attached hydrogens (tertiary/aromatic N) is 2. The van der Waals surface area contributed by atoms with Crippen LogP contribution in [-0.2, 0) is 21.7 Å². The van der Waals surface area contributed by atoms with Crippen LogP contribution in [0.5, 0.6) is 17.2 Å². The van der Waals surface area contributed by atoms with Gasteiger partial charge in [-0.05, 0) is 81.0 Å². The Kier molecular flexibility index (Phi) is 8.91. The van der Waals surface area contributed by atoms with Crippen LogP contribution in [0.3, 0.4) is 0 Å². The molecule has 1 saturated carbocycles. The molecule has 0 bridgehead atoms. The van der Waals surface area contributed by atoms with Crippen LogP contribution in [0.4, 0.5) is 4.39 Å². The Morgan fingerprint density at radius 3 is 2.24 bits per heavy atom. The normalized spacial score (nSPS) is 17.2. The third-order valence-corrected chi connectivity index (χ3v) is 9.52. The summed E-state index contributed by atoms with van der Waals surface area (Å²) >= 11 is 0. The molecule has 1 aliphatic carbocycles. The summed E-state index contributed by atoms with van der Waals surface area (Å²) in [5, 5.41) is 0. The molecular weight excluding hydrogens is 547 g/mol. The van der Waals surface area contributed by atoms with Crippen LogP contribution >= 0.6 is 0 Å². The van der Waals surface area contributed by atoms with Gasteiger partial charge in [-0.1, -0.05) is 6.92 Å². The summed E-state index contributed by atoms with van der Waals surface area (Å²) < 4.78 is 53.8. The molecular formula is C31H37FN2O6S. The number of ether oxygens (including phenoxy) is 2. The Hall–Kier alpha value is -3.66. The number of sulfone groups is 1. The largest absolute Gasteiger partial charge is 0.490 e. The first kappa shape index (κ1) is 30.3. The highest BCUT2D eigenvalue weighted by atomic mass is 32.2. The van der Waals surface area contributed by atoms with Crippen molar-refractivity contribution in [3.63, 3.8) is 0 Å². The molecule has 0 atom stereocenters. The van der Waals surface area contributed by atoms with Gasteiger partial charge in [-0.25, -0.2) is 12.8 Å². The molecule has 0 unspecified atom stereocenters. The Bertz CT molecular complexity index is 1600. The first-order valence-corrected chi connectivity index (χ1v) is 15.4. The van der Waals surface area contributed by atoms with Crippen molar-refractivity contribution in [1.82, 2.24) is 9.47 Å². The van der Waals surface area contributed by atoms with Crippen molar-refractivity contribution in [3.8, 4) is 28.4 Å². The van der Waals surface area contributed by atoms with E-state index >= 15 is 0 Å². The van der Waals surface area contributed by atoms with Crippen molar-refractivity contribution in [2.45, 2.75) is 70.4 Å². The SMILES string of the molecule is CCS(=O)(=O)c1ccc(Oc2c(C)cc(F)cc2C)c(-c2cn(C)c(=O)cc2OC2CCC(N(C)C(C)=O)CC2)c1. The predicted octanol–water partition coefficient (Wildman–Crippen LogP) is 5.56. The average molecular weight is 585 g/mol. The van der Waals surface area contributed by atoms with Crippen LogP contribution in [0.25, 0.3) is 11.1 Å². The van der Waals surface area contributed by atoms with Gasteiger partial charge < -0.3 is 18.9 Å². The number of carbonyl (C=O) groups excluding carboxylic acids is 1. The first-order chi connectivity index (χ1) is 19.3. The number of benzene rings is 2. The number of rotatable bonds is 8. The Balaban J connectivity index is 1.79. The molecule has 3 aromatic rings. The molecule has 1 fully saturated rings. The van der Waals surface area contributed by atoms with Gasteiger partial charge >= 0.3 is 0 Å². The van der Waals surface area contributed by atoms with Gasteiger partial charge in [0.1, 0.15) is 23.1 Å². The summed E-state index contributed by atoms with van der Waals surface area (Å²) in [5.74, 6) is 0.670. The quantitative estimate of drug-likeness (QED) is 0.344. The molecule has 8 nitrogen and oxygen atoms in total. The van der Waals surface area contributed by atoms with Gasteiger partial charge in [-0.3, -0.25) is 9.59 Å². The van der Waals surface area contributed by atoms with Crippen molar-refractivity contribution in [2.75, 3.05) is 12.8 Å². The second-order valence-corrected chi connectivity index (χ2v) is 13.0. The van der Waals surface area contributed by atoms with Gasteiger partial charge in [-0.2, -0.15) is 0 Å². The Morgan fingerprint density at radius 2 is 1.66 bits per heavy atom. The first-order valence-electron chi connectivity index (χ1n) is 13.7. The molecule has 41 heavy (non-hydrogen) atoms. The summed E-state index contributed by atoms with van der Waals surface area (Å²) in [7, 11) is -0.153. The van der Waals surface area contributed by atoms with E-state index in [9.17, 15) is 22.4 Å². The van der Waals surface area contributed by atoms with Crippen LogP contribution < -0.4 is 15.0 Å². The molecule has 10 heteroatoms. The lowest BCUT2D eigenvalue weighted by Crippen LogP contribution is -2.40. The zero-order chi connectivity index (χ0) is 30.1. The molecule has 0 aliphatic heterocycles. The van der Waals surface area contributed by atoms with E-state index in [1.807, 2.05) is 0 Å². The third kappa shape index (κ3) is 6.64. The van der Waals surface area contributed by atoms with Crippen molar-refractivity contribution in [1.29, 1.82) is 0 Å². The standard InChI is InChI=1S/C31H37FN2O6S/c1-7-41(37,38)25-12-13-28(40-31-19(2)14-22(32)15-20(31)3)26(16-25)27-18-33(5)30(36)17-29(27)39-24-10-8-23(9-11-24)34(6)21(4)35/h12-18,23-24H,7-11H2,1-6H3. The maximum Gasteiger partial charge on any atom is 0.254 e. The predicted molar refractivity (Wildman–Crippen MR) is 156 cm³/mol. The average Bonchev–Trinajstić information content (AvgIpc) is 2.92. The summed E-state index contributed by atoms with van der Waals surface area (Å²) in [6.07, 6.45) is 4.34. The van der Waals surface area contributed by atoms with E-state index in [0.29, 0.717) is 52.3 Å². The lowest BCUT2D eigenvalue weighted by Gasteiger charge is -2.34. The fourth-order valence-corrected chi connectivity index (χ4v) is 6.14. The van der Waals surface area contributed by atoms with Gasteiger partial charge in [-0.15, -0.1) is 0 Å². The van der Waals surface area contributed by atoms with Gasteiger partial charge in [0, 0.05) is 50.5 Å². The lowest BCUT2D eigenvalue weighted by molar-refractivity contribution is -0.130. The van der Waals surface area contributed by atoms with Gasteiger partial charge in [0.15, 0.2) is 9.84 Å². The maximum absolute atomic E-state index is 14.0. The number of aromatic nitrogens is 1. The number of hydrogen-bond donors (Lipinski definition) is 0. The molecule has 2 aromatic carbocycles. The zero-order valence-electron chi connectivity index (χ0n) is 24.4. The molecule has 1 aromatic heterocycles. The molecule has 220 valence electrons. The molecule has 1 heterocycles. The summed E-state index contributed by atoms with van der Waals surface area (Å²) in [5.41, 5.74) is 1.82. The molecule has 0 saturated heterocycles. The van der Waals surface area contributed by atoms with E-state index < -0.39 is 9.84 Å².